The number of carbonyl (C=O) groups is 3. The predicted octanol–water partition coefficient (Wildman–Crippen LogP) is 3.02. The van der Waals surface area contributed by atoms with E-state index >= 15 is 0 Å². The molecule has 2 N–H and O–H groups in total. The summed E-state index contributed by atoms with van der Waals surface area (Å²) in [6.45, 7) is 3.13. The van der Waals surface area contributed by atoms with Crippen molar-refractivity contribution in [1.29, 1.82) is 0 Å². The standard InChI is InChI=1S/C22H28N2O4/c1-13(25)18-3-5-19(6-4-18)28-14(2)20(26)23-24-21(27)22-10-15-7-16(11-22)9-17(8-15)12-22/h3-6,14-17H,7-12H2,1-2H3,(H,23,26)(H,24,27). The molecule has 0 aliphatic heterocycles. The van der Waals surface area contributed by atoms with Crippen molar-refractivity contribution in [1.82, 2.24) is 10.9 Å². The SMILES string of the molecule is CC(=O)c1ccc(OC(C)C(=O)NNC(=O)C23CC4CC(CC(C4)C2)C3)cc1. The van der Waals surface area contributed by atoms with Crippen molar-refractivity contribution in [3.63, 3.8) is 0 Å². The second kappa shape index (κ2) is 7.22. The first kappa shape index (κ1) is 19.0. The third kappa shape index (κ3) is 3.64. The van der Waals surface area contributed by atoms with E-state index in [1.807, 2.05) is 0 Å². The maximum Gasteiger partial charge on any atom is 0.279 e. The van der Waals surface area contributed by atoms with Gasteiger partial charge < -0.3 is 4.74 Å². The van der Waals surface area contributed by atoms with Crippen molar-refractivity contribution >= 4 is 17.6 Å². The van der Waals surface area contributed by atoms with Gasteiger partial charge in [0, 0.05) is 5.56 Å². The molecule has 1 unspecified atom stereocenters. The van der Waals surface area contributed by atoms with Crippen molar-refractivity contribution < 1.29 is 19.1 Å². The summed E-state index contributed by atoms with van der Waals surface area (Å²) in [6.07, 6.45) is 5.91. The van der Waals surface area contributed by atoms with Crippen LogP contribution in [0.2, 0.25) is 0 Å². The minimum atomic E-state index is -0.764. The molecule has 6 heteroatoms. The highest BCUT2D eigenvalue weighted by molar-refractivity contribution is 5.94. The van der Waals surface area contributed by atoms with Crippen LogP contribution < -0.4 is 15.6 Å². The van der Waals surface area contributed by atoms with Crippen LogP contribution in [-0.4, -0.2) is 23.7 Å². The number of hydrazine groups is 1. The van der Waals surface area contributed by atoms with Crippen molar-refractivity contribution in [2.45, 2.75) is 58.5 Å². The normalized spacial score (nSPS) is 31.1. The van der Waals surface area contributed by atoms with Gasteiger partial charge in [0.25, 0.3) is 5.91 Å². The van der Waals surface area contributed by atoms with Crippen molar-refractivity contribution in [3.8, 4) is 5.75 Å². The Bertz CT molecular complexity index is 751. The van der Waals surface area contributed by atoms with Crippen molar-refractivity contribution in [2.75, 3.05) is 0 Å². The third-order valence-electron chi connectivity index (χ3n) is 6.76. The molecule has 4 fully saturated rings. The lowest BCUT2D eigenvalue weighted by Gasteiger charge is -2.55. The first-order valence-electron chi connectivity index (χ1n) is 10.2. The molecule has 2 amide bonds. The molecule has 4 saturated carbocycles. The molecule has 6 nitrogen and oxygen atoms in total. The third-order valence-corrected chi connectivity index (χ3v) is 6.76. The van der Waals surface area contributed by atoms with Crippen LogP contribution in [0.4, 0.5) is 0 Å². The van der Waals surface area contributed by atoms with Gasteiger partial charge in [0.1, 0.15) is 5.75 Å². The lowest BCUT2D eigenvalue weighted by Crippen LogP contribution is -2.57. The Morgan fingerprint density at radius 3 is 2.00 bits per heavy atom. The van der Waals surface area contributed by atoms with E-state index in [0.717, 1.165) is 19.3 Å². The quantitative estimate of drug-likeness (QED) is 0.604. The molecule has 150 valence electrons. The van der Waals surface area contributed by atoms with Crippen LogP contribution in [0.25, 0.3) is 0 Å². The largest absolute Gasteiger partial charge is 0.481 e. The van der Waals surface area contributed by atoms with Crippen LogP contribution in [0.5, 0.6) is 5.75 Å². The summed E-state index contributed by atoms with van der Waals surface area (Å²) in [5.41, 5.74) is 5.50. The molecule has 4 bridgehead atoms. The molecule has 0 saturated heterocycles. The fraction of sp³-hybridized carbons (Fsp3) is 0.591. The molecule has 1 atom stereocenters. The molecule has 0 aromatic heterocycles. The number of hydrogen-bond acceptors (Lipinski definition) is 4. The zero-order valence-electron chi connectivity index (χ0n) is 16.5. The van der Waals surface area contributed by atoms with E-state index in [0.29, 0.717) is 29.1 Å². The Labute approximate surface area is 165 Å². The number of rotatable bonds is 5. The van der Waals surface area contributed by atoms with E-state index in [4.69, 9.17) is 4.74 Å². The lowest BCUT2D eigenvalue weighted by atomic mass is 9.49. The Hall–Kier alpha value is -2.37. The Kier molecular flexibility index (Phi) is 4.89. The van der Waals surface area contributed by atoms with Crippen LogP contribution in [0.3, 0.4) is 0 Å². The molecule has 4 aliphatic carbocycles. The molecular formula is C22H28N2O4. The molecular weight excluding hydrogens is 356 g/mol. The minimum absolute atomic E-state index is 0.0234. The van der Waals surface area contributed by atoms with E-state index in [9.17, 15) is 14.4 Å². The van der Waals surface area contributed by atoms with Gasteiger partial charge in [-0.15, -0.1) is 0 Å². The first-order chi connectivity index (χ1) is 13.3. The maximum atomic E-state index is 12.9. The van der Waals surface area contributed by atoms with Crippen LogP contribution in [-0.2, 0) is 9.59 Å². The van der Waals surface area contributed by atoms with Crippen molar-refractivity contribution in [2.24, 2.45) is 23.2 Å². The molecule has 0 spiro atoms. The second-order valence-corrected chi connectivity index (χ2v) is 8.98. The van der Waals surface area contributed by atoms with Crippen LogP contribution in [0.15, 0.2) is 24.3 Å². The molecule has 5 rings (SSSR count). The van der Waals surface area contributed by atoms with Gasteiger partial charge in [-0.25, -0.2) is 0 Å². The average molecular weight is 384 g/mol. The summed E-state index contributed by atoms with van der Waals surface area (Å²) in [6, 6.07) is 6.65. The highest BCUT2D eigenvalue weighted by Crippen LogP contribution is 2.60. The number of hydrogen-bond donors (Lipinski definition) is 2. The van der Waals surface area contributed by atoms with Gasteiger partial charge in [0.2, 0.25) is 5.91 Å². The smallest absolute Gasteiger partial charge is 0.279 e. The highest BCUT2D eigenvalue weighted by Gasteiger charge is 2.54. The zero-order chi connectivity index (χ0) is 19.9. The van der Waals surface area contributed by atoms with Crippen molar-refractivity contribution in [3.05, 3.63) is 29.8 Å². The Balaban J connectivity index is 1.30. The molecule has 1 aromatic carbocycles. The van der Waals surface area contributed by atoms with Gasteiger partial charge >= 0.3 is 0 Å². The van der Waals surface area contributed by atoms with Gasteiger partial charge in [-0.1, -0.05) is 0 Å². The van der Waals surface area contributed by atoms with Crippen LogP contribution in [0.1, 0.15) is 62.7 Å². The number of ether oxygens (including phenoxy) is 1. The van der Waals surface area contributed by atoms with Crippen LogP contribution in [0, 0.1) is 23.2 Å². The van der Waals surface area contributed by atoms with E-state index in [-0.39, 0.29) is 17.1 Å². The van der Waals surface area contributed by atoms with E-state index < -0.39 is 12.0 Å². The molecule has 28 heavy (non-hydrogen) atoms. The summed E-state index contributed by atoms with van der Waals surface area (Å²) in [7, 11) is 0. The monoisotopic (exact) mass is 384 g/mol. The maximum absolute atomic E-state index is 12.9. The number of benzene rings is 1. The van der Waals surface area contributed by atoms with E-state index in [1.54, 1.807) is 31.2 Å². The van der Waals surface area contributed by atoms with Crippen LogP contribution >= 0.6 is 0 Å². The number of Topliss-reactive ketones (excluding diaryl/α,β-unsaturated/α-hetero) is 1. The summed E-state index contributed by atoms with van der Waals surface area (Å²) >= 11 is 0. The van der Waals surface area contributed by atoms with E-state index in [1.165, 1.54) is 26.2 Å². The predicted molar refractivity (Wildman–Crippen MR) is 103 cm³/mol. The van der Waals surface area contributed by atoms with Gasteiger partial charge in [0.15, 0.2) is 11.9 Å². The lowest BCUT2D eigenvalue weighted by molar-refractivity contribution is -0.149. The number of ketones is 1. The highest BCUT2D eigenvalue weighted by atomic mass is 16.5. The fourth-order valence-electron chi connectivity index (χ4n) is 5.77. The number of amides is 2. The minimum Gasteiger partial charge on any atom is -0.481 e. The second-order valence-electron chi connectivity index (χ2n) is 8.98. The molecule has 4 aliphatic rings. The number of carbonyl (C=O) groups excluding carboxylic acids is 3. The Morgan fingerprint density at radius 1 is 0.964 bits per heavy atom. The number of nitrogens with one attached hydrogen (secondary N) is 2. The van der Waals surface area contributed by atoms with Gasteiger partial charge in [0.05, 0.1) is 5.41 Å². The zero-order valence-corrected chi connectivity index (χ0v) is 16.5. The summed E-state index contributed by atoms with van der Waals surface area (Å²) < 4.78 is 5.62. The molecule has 0 heterocycles. The molecule has 1 aromatic rings. The van der Waals surface area contributed by atoms with E-state index in [2.05, 4.69) is 10.9 Å². The fourth-order valence-corrected chi connectivity index (χ4v) is 5.77. The topological polar surface area (TPSA) is 84.5 Å². The average Bonchev–Trinajstić information content (AvgIpc) is 2.65. The van der Waals surface area contributed by atoms with Gasteiger partial charge in [-0.2, -0.15) is 0 Å². The summed E-state index contributed by atoms with van der Waals surface area (Å²) in [5.74, 6) is 2.06. The van der Waals surface area contributed by atoms with Gasteiger partial charge in [-0.05, 0) is 94.4 Å². The molecule has 0 radical (unpaired) electrons. The first-order valence-corrected chi connectivity index (χ1v) is 10.2. The summed E-state index contributed by atoms with van der Waals surface area (Å²) in [5, 5.41) is 0. The summed E-state index contributed by atoms with van der Waals surface area (Å²) in [4.78, 5) is 36.6. The van der Waals surface area contributed by atoms with Gasteiger partial charge in [-0.3, -0.25) is 25.2 Å². The Morgan fingerprint density at radius 2 is 1.50 bits per heavy atom.